The van der Waals surface area contributed by atoms with Gasteiger partial charge in [0.1, 0.15) is 5.56 Å². The molecule has 0 aliphatic carbocycles. The molecular formula is C24H23N3O7S. The number of aryl methyl sites for hydroxylation is 1. The fraction of sp³-hybridized carbons (Fsp3) is 0.208. The number of nitro groups is 1. The number of nitrogens with zero attached hydrogens (tertiary/aromatic N) is 2. The van der Waals surface area contributed by atoms with E-state index in [1.165, 1.54) is 48.9 Å². The summed E-state index contributed by atoms with van der Waals surface area (Å²) in [6.45, 7) is 0.376. The quantitative estimate of drug-likeness (QED) is 0.386. The summed E-state index contributed by atoms with van der Waals surface area (Å²) < 4.78 is 38.2. The lowest BCUT2D eigenvalue weighted by Gasteiger charge is -2.30. The molecule has 3 aromatic carbocycles. The zero-order valence-corrected chi connectivity index (χ0v) is 19.9. The first-order chi connectivity index (χ1) is 16.8. The molecule has 1 aliphatic heterocycles. The van der Waals surface area contributed by atoms with Crippen LogP contribution in [0.3, 0.4) is 0 Å². The number of anilines is 2. The summed E-state index contributed by atoms with van der Waals surface area (Å²) in [6, 6.07) is 15.4. The highest BCUT2D eigenvalue weighted by Crippen LogP contribution is 2.35. The number of fused-ring (bicyclic) bond motifs is 1. The van der Waals surface area contributed by atoms with E-state index in [1.54, 1.807) is 12.1 Å². The summed E-state index contributed by atoms with van der Waals surface area (Å²) in [4.78, 5) is 23.7. The average molecular weight is 498 g/mol. The lowest BCUT2D eigenvalue weighted by molar-refractivity contribution is -0.385. The molecule has 1 aliphatic rings. The maximum atomic E-state index is 13.3. The number of carbonyl (C=O) groups is 1. The normalized spacial score (nSPS) is 13.0. The first-order valence-corrected chi connectivity index (χ1v) is 12.1. The molecule has 0 saturated heterocycles. The van der Waals surface area contributed by atoms with E-state index in [0.717, 1.165) is 18.1 Å². The Morgan fingerprint density at radius 1 is 1.03 bits per heavy atom. The summed E-state index contributed by atoms with van der Waals surface area (Å²) in [6.07, 6.45) is 1.53. The van der Waals surface area contributed by atoms with Gasteiger partial charge in [0.15, 0.2) is 11.5 Å². The van der Waals surface area contributed by atoms with Crippen molar-refractivity contribution in [3.05, 3.63) is 81.9 Å². The van der Waals surface area contributed by atoms with E-state index < -0.39 is 26.5 Å². The van der Waals surface area contributed by atoms with E-state index in [0.29, 0.717) is 18.7 Å². The number of ether oxygens (including phenoxy) is 2. The fourth-order valence-corrected chi connectivity index (χ4v) is 5.53. The maximum absolute atomic E-state index is 13.3. The zero-order valence-electron chi connectivity index (χ0n) is 19.1. The molecule has 0 saturated carbocycles. The van der Waals surface area contributed by atoms with Gasteiger partial charge in [-0.25, -0.2) is 8.42 Å². The number of nitro benzene ring substituents is 1. The molecule has 182 valence electrons. The van der Waals surface area contributed by atoms with Crippen LogP contribution < -0.4 is 19.1 Å². The minimum Gasteiger partial charge on any atom is -0.493 e. The molecule has 0 atom stereocenters. The smallest absolute Gasteiger partial charge is 0.286 e. The molecular weight excluding hydrogens is 474 g/mol. The fourth-order valence-electron chi connectivity index (χ4n) is 3.99. The Morgan fingerprint density at radius 2 is 1.69 bits per heavy atom. The summed E-state index contributed by atoms with van der Waals surface area (Å²) in [5.74, 6) is -0.477. The second-order valence-corrected chi connectivity index (χ2v) is 9.63. The number of benzene rings is 3. The van der Waals surface area contributed by atoms with Gasteiger partial charge in [0.2, 0.25) is 0 Å². The summed E-state index contributed by atoms with van der Waals surface area (Å²) in [7, 11) is -1.12. The zero-order chi connectivity index (χ0) is 25.2. The number of amides is 1. The van der Waals surface area contributed by atoms with Crippen molar-refractivity contribution in [2.24, 2.45) is 0 Å². The van der Waals surface area contributed by atoms with E-state index >= 15 is 0 Å². The Hall–Kier alpha value is -4.12. The topological polar surface area (TPSA) is 128 Å². The van der Waals surface area contributed by atoms with Crippen LogP contribution in [0, 0.1) is 10.1 Å². The first-order valence-electron chi connectivity index (χ1n) is 10.7. The third kappa shape index (κ3) is 4.62. The monoisotopic (exact) mass is 497 g/mol. The number of nitrogens with one attached hydrogen (secondary N) is 1. The third-order valence-electron chi connectivity index (χ3n) is 5.71. The van der Waals surface area contributed by atoms with Crippen LogP contribution in [0.25, 0.3) is 0 Å². The largest absolute Gasteiger partial charge is 0.493 e. The van der Waals surface area contributed by atoms with Crippen molar-refractivity contribution in [3.63, 3.8) is 0 Å². The maximum Gasteiger partial charge on any atom is 0.286 e. The number of para-hydroxylation sites is 1. The van der Waals surface area contributed by atoms with Crippen molar-refractivity contribution >= 4 is 33.0 Å². The molecule has 1 N–H and O–H groups in total. The molecule has 10 nitrogen and oxygen atoms in total. The Kier molecular flexibility index (Phi) is 6.61. The Labute approximate surface area is 202 Å². The molecule has 0 unspecified atom stereocenters. The minimum atomic E-state index is -3.81. The molecule has 0 spiro atoms. The summed E-state index contributed by atoms with van der Waals surface area (Å²) in [5, 5.41) is 14.1. The number of methoxy groups -OCH3 is 2. The van der Waals surface area contributed by atoms with Crippen molar-refractivity contribution in [3.8, 4) is 11.5 Å². The van der Waals surface area contributed by atoms with Gasteiger partial charge >= 0.3 is 0 Å². The van der Waals surface area contributed by atoms with Gasteiger partial charge in [-0.05, 0) is 48.7 Å². The first kappa shape index (κ1) is 24.0. The van der Waals surface area contributed by atoms with Crippen LogP contribution in [-0.4, -0.2) is 40.0 Å². The number of sulfonamides is 1. The molecule has 35 heavy (non-hydrogen) atoms. The Balaban J connectivity index is 1.59. The van der Waals surface area contributed by atoms with Crippen LogP contribution in [-0.2, 0) is 16.4 Å². The molecule has 11 heteroatoms. The number of hydrogen-bond acceptors (Lipinski definition) is 7. The van der Waals surface area contributed by atoms with Crippen LogP contribution in [0.15, 0.2) is 65.6 Å². The van der Waals surface area contributed by atoms with E-state index in [1.807, 2.05) is 12.1 Å². The van der Waals surface area contributed by atoms with E-state index in [4.69, 9.17) is 9.47 Å². The van der Waals surface area contributed by atoms with Gasteiger partial charge in [0.25, 0.3) is 21.6 Å². The average Bonchev–Trinajstić information content (AvgIpc) is 2.87. The van der Waals surface area contributed by atoms with Crippen LogP contribution in [0.5, 0.6) is 11.5 Å². The van der Waals surface area contributed by atoms with Gasteiger partial charge in [0.05, 0.1) is 35.8 Å². The van der Waals surface area contributed by atoms with E-state index in [2.05, 4.69) is 5.32 Å². The lowest BCUT2D eigenvalue weighted by atomic mass is 10.0. The highest BCUT2D eigenvalue weighted by atomic mass is 32.2. The van der Waals surface area contributed by atoms with E-state index in [-0.39, 0.29) is 27.6 Å². The standard InChI is InChI=1S/C24H23N3O7S/c1-33-22-14-19(21(27(29)30)15-23(22)34-2)24(28)25-17-9-11-18(12-10-17)35(31,32)26-13-5-7-16-6-3-4-8-20(16)26/h3-4,6,8-12,14-15H,5,7,13H2,1-2H3,(H,25,28). The molecule has 3 aromatic rings. The summed E-state index contributed by atoms with van der Waals surface area (Å²) >= 11 is 0. The van der Waals surface area contributed by atoms with Gasteiger partial charge in [0, 0.05) is 18.3 Å². The van der Waals surface area contributed by atoms with Crippen molar-refractivity contribution < 1.29 is 27.6 Å². The molecule has 0 radical (unpaired) electrons. The lowest BCUT2D eigenvalue weighted by Crippen LogP contribution is -2.35. The molecule has 0 fully saturated rings. The second-order valence-electron chi connectivity index (χ2n) is 7.77. The van der Waals surface area contributed by atoms with Gasteiger partial charge in [-0.15, -0.1) is 0 Å². The highest BCUT2D eigenvalue weighted by Gasteiger charge is 2.29. The SMILES string of the molecule is COc1cc(C(=O)Nc2ccc(S(=O)(=O)N3CCCc4ccccc43)cc2)c([N+](=O)[O-])cc1OC. The van der Waals surface area contributed by atoms with Crippen LogP contribution in [0.4, 0.5) is 17.1 Å². The second kappa shape index (κ2) is 9.63. The molecule has 1 amide bonds. The predicted octanol–water partition coefficient (Wildman–Crippen LogP) is 4.01. The van der Waals surface area contributed by atoms with Gasteiger partial charge in [-0.2, -0.15) is 0 Å². The number of carbonyl (C=O) groups excluding carboxylic acids is 1. The van der Waals surface area contributed by atoms with Crippen molar-refractivity contribution in [2.75, 3.05) is 30.4 Å². The van der Waals surface area contributed by atoms with Gasteiger partial charge in [-0.1, -0.05) is 18.2 Å². The van der Waals surface area contributed by atoms with E-state index in [9.17, 15) is 23.3 Å². The molecule has 1 heterocycles. The van der Waals surface area contributed by atoms with Crippen molar-refractivity contribution in [1.29, 1.82) is 0 Å². The highest BCUT2D eigenvalue weighted by molar-refractivity contribution is 7.92. The third-order valence-corrected chi connectivity index (χ3v) is 7.54. The number of rotatable bonds is 7. The van der Waals surface area contributed by atoms with Gasteiger partial charge < -0.3 is 14.8 Å². The summed E-state index contributed by atoms with van der Waals surface area (Å²) in [5.41, 5.74) is 1.23. The van der Waals surface area contributed by atoms with Crippen molar-refractivity contribution in [2.45, 2.75) is 17.7 Å². The predicted molar refractivity (Wildman–Crippen MR) is 130 cm³/mol. The Bertz CT molecular complexity index is 1390. The van der Waals surface area contributed by atoms with Crippen molar-refractivity contribution in [1.82, 2.24) is 0 Å². The molecule has 0 bridgehead atoms. The number of hydrogen-bond donors (Lipinski definition) is 1. The van der Waals surface area contributed by atoms with Crippen LogP contribution >= 0.6 is 0 Å². The van der Waals surface area contributed by atoms with Crippen LogP contribution in [0.2, 0.25) is 0 Å². The molecule has 4 rings (SSSR count). The van der Waals surface area contributed by atoms with Crippen LogP contribution in [0.1, 0.15) is 22.3 Å². The minimum absolute atomic E-state index is 0.0734. The Morgan fingerprint density at radius 3 is 2.34 bits per heavy atom. The molecule has 0 aromatic heterocycles. The van der Waals surface area contributed by atoms with Gasteiger partial charge in [-0.3, -0.25) is 19.2 Å².